The summed E-state index contributed by atoms with van der Waals surface area (Å²) < 4.78 is 60.6. The van der Waals surface area contributed by atoms with E-state index in [1.807, 2.05) is 0 Å². The molecule has 1 heterocycles. The third kappa shape index (κ3) is 28.3. The van der Waals surface area contributed by atoms with Crippen LogP contribution in [0.2, 0.25) is 0 Å². The van der Waals surface area contributed by atoms with Crippen molar-refractivity contribution in [2.75, 3.05) is 0 Å². The Morgan fingerprint density at radius 2 is 1.29 bits per heavy atom. The zero-order chi connectivity index (χ0) is 12.3. The molecule has 0 aromatic heterocycles. The van der Waals surface area contributed by atoms with Gasteiger partial charge >= 0.3 is 74.4 Å². The van der Waals surface area contributed by atoms with E-state index in [-0.39, 0.29) is 38.8 Å². The van der Waals surface area contributed by atoms with Gasteiger partial charge in [-0.25, -0.2) is 0 Å². The Labute approximate surface area is 124 Å². The van der Waals surface area contributed by atoms with Crippen LogP contribution < -0.4 is 16.9 Å². The van der Waals surface area contributed by atoms with Crippen molar-refractivity contribution in [1.29, 1.82) is 0 Å². The van der Waals surface area contributed by atoms with E-state index < -0.39 is 38.1 Å². The zero-order valence-electron chi connectivity index (χ0n) is 9.89. The summed E-state index contributed by atoms with van der Waals surface area (Å²) in [4.78, 5) is 0. The van der Waals surface area contributed by atoms with Crippen LogP contribution in [0, 0.1) is 0 Å². The minimum absolute atomic E-state index is 0. The van der Waals surface area contributed by atoms with Gasteiger partial charge in [-0.15, -0.1) is 0 Å². The van der Waals surface area contributed by atoms with Crippen LogP contribution in [0.15, 0.2) is 0 Å². The maximum absolute atomic E-state index is 10.0. The zero-order valence-corrected chi connectivity index (χ0v) is 13.9. The van der Waals surface area contributed by atoms with Crippen molar-refractivity contribution in [3.63, 3.8) is 0 Å². The summed E-state index contributed by atoms with van der Waals surface area (Å²) >= 11 is -3.68. The number of nitrogens with two attached hydrogens (primary N) is 3. The second-order valence-corrected chi connectivity index (χ2v) is 8.95. The third-order valence-corrected chi connectivity index (χ3v) is 9.19. The molecule has 136 valence electrons. The second kappa shape index (κ2) is 15.8. The van der Waals surface area contributed by atoms with Crippen molar-refractivity contribution in [2.45, 2.75) is 0 Å². The minimum atomic E-state index is -4.92. The fraction of sp³-hybridized carbons (Fsp3) is 0. The fourth-order valence-electron chi connectivity index (χ4n) is 0.328. The SMILES string of the molecule is NC(N)=[NH2+].O.O.O.O.O.O.O=S(=O)([O-])[O][Ga]1[O]S(=O)(=O)[O]1. The molecule has 17 nitrogen and oxygen atoms in total. The summed E-state index contributed by atoms with van der Waals surface area (Å²) in [6.07, 6.45) is 0. The van der Waals surface area contributed by atoms with Gasteiger partial charge in [-0.2, -0.15) is 0 Å². The number of hydrogen-bond acceptors (Lipinski definition) is 8. The van der Waals surface area contributed by atoms with Crippen LogP contribution in [0.3, 0.4) is 0 Å². The predicted molar refractivity (Wildman–Crippen MR) is 64.6 cm³/mol. The summed E-state index contributed by atoms with van der Waals surface area (Å²) in [5, 5.41) is 4.58. The van der Waals surface area contributed by atoms with Gasteiger partial charge in [0.2, 0.25) is 0 Å². The molecule has 1 saturated heterocycles. The molecule has 1 aliphatic rings. The average molecular weight is 430 g/mol. The fourth-order valence-corrected chi connectivity index (χ4v) is 6.11. The number of guanidine groups is 1. The molecule has 0 spiro atoms. The first-order valence-corrected chi connectivity index (χ1v) is 8.54. The van der Waals surface area contributed by atoms with Gasteiger partial charge in [-0.05, 0) is 0 Å². The third-order valence-electron chi connectivity index (χ3n) is 0.589. The predicted octanol–water partition coefficient (Wildman–Crippen LogP) is -10.2. The normalized spacial score (nSPS) is 13.1. The molecule has 0 aromatic carbocycles. The average Bonchev–Trinajstić information content (AvgIpc) is 1.75. The molecule has 18 N–H and O–H groups in total. The molecule has 0 aromatic rings. The van der Waals surface area contributed by atoms with E-state index in [1.54, 1.807) is 0 Å². The monoisotopic (exact) mass is 429 g/mol. The summed E-state index contributed by atoms with van der Waals surface area (Å²) in [5.41, 5.74) is 9.17. The quantitative estimate of drug-likeness (QED) is 0.122. The summed E-state index contributed by atoms with van der Waals surface area (Å²) in [6, 6.07) is 0. The molecule has 0 bridgehead atoms. The van der Waals surface area contributed by atoms with E-state index in [1.165, 1.54) is 0 Å². The van der Waals surface area contributed by atoms with Crippen LogP contribution >= 0.6 is 0 Å². The Bertz CT molecular complexity index is 413. The molecule has 0 saturated carbocycles. The Morgan fingerprint density at radius 1 is 1.05 bits per heavy atom. The van der Waals surface area contributed by atoms with Crippen LogP contribution in [-0.4, -0.2) is 77.5 Å². The molecule has 1 aliphatic heterocycles. The van der Waals surface area contributed by atoms with Crippen molar-refractivity contribution in [2.24, 2.45) is 11.5 Å². The van der Waals surface area contributed by atoms with Crippen molar-refractivity contribution in [3.8, 4) is 0 Å². The standard InChI is InChI=1S/CH5N3.Ga.2H2O4S.6H2O/c2-1(3)4;;2*1-5(2,3)4;;;;;;/h(H5,2,3,4);;2*(H2,1,2,3,4);6*1H2/q;+3;;;;;;;;/p-3. The molecule has 0 aliphatic carbocycles. The summed E-state index contributed by atoms with van der Waals surface area (Å²) in [5.74, 6) is -0.0833. The molecule has 21 heavy (non-hydrogen) atoms. The van der Waals surface area contributed by atoms with E-state index in [2.05, 4.69) is 25.8 Å². The van der Waals surface area contributed by atoms with Crippen molar-refractivity contribution >= 4 is 44.1 Å². The van der Waals surface area contributed by atoms with Crippen molar-refractivity contribution in [3.05, 3.63) is 0 Å². The molecule has 1 rings (SSSR count). The van der Waals surface area contributed by atoms with Crippen molar-refractivity contribution in [1.82, 2.24) is 0 Å². The Balaban J connectivity index is -0.0000000357. The van der Waals surface area contributed by atoms with E-state index in [0.29, 0.717) is 0 Å². The Hall–Kier alpha value is -0.594. The van der Waals surface area contributed by atoms with Gasteiger partial charge in [0.05, 0.1) is 0 Å². The van der Waals surface area contributed by atoms with E-state index in [0.717, 1.165) is 0 Å². The van der Waals surface area contributed by atoms with Crippen LogP contribution in [0.4, 0.5) is 0 Å². The van der Waals surface area contributed by atoms with Crippen LogP contribution in [0.1, 0.15) is 0 Å². The van der Waals surface area contributed by atoms with Gasteiger partial charge in [0.1, 0.15) is 0 Å². The molecular formula is CH18GaN3O14S2. The molecular weight excluding hydrogens is 412 g/mol. The first kappa shape index (κ1) is 42.8. The topological polar surface area (TPSA) is 386 Å². The first-order valence-electron chi connectivity index (χ1n) is 2.91. The Morgan fingerprint density at radius 3 is 1.43 bits per heavy atom. The molecule has 0 amide bonds. The molecule has 0 radical (unpaired) electrons. The van der Waals surface area contributed by atoms with Gasteiger partial charge in [0, 0.05) is 0 Å². The molecule has 0 unspecified atom stereocenters. The van der Waals surface area contributed by atoms with Gasteiger partial charge in [-0.3, -0.25) is 16.9 Å². The van der Waals surface area contributed by atoms with Gasteiger partial charge in [-0.1, -0.05) is 0 Å². The molecule has 20 heteroatoms. The summed E-state index contributed by atoms with van der Waals surface area (Å²) in [6.45, 7) is 0. The maximum atomic E-state index is 10.0. The molecule has 1 fully saturated rings. The number of hydrogen-bond donors (Lipinski definition) is 3. The van der Waals surface area contributed by atoms with Gasteiger partial charge < -0.3 is 32.9 Å². The van der Waals surface area contributed by atoms with Gasteiger partial charge in [0.15, 0.2) is 0 Å². The summed E-state index contributed by atoms with van der Waals surface area (Å²) in [7, 11) is -8.96. The van der Waals surface area contributed by atoms with E-state index >= 15 is 0 Å². The van der Waals surface area contributed by atoms with Crippen molar-refractivity contribution < 1.29 is 68.6 Å². The van der Waals surface area contributed by atoms with Crippen LogP contribution in [0.25, 0.3) is 0 Å². The number of rotatable bonds is 2. The molecule has 0 atom stereocenters. The van der Waals surface area contributed by atoms with E-state index in [9.17, 15) is 21.4 Å². The van der Waals surface area contributed by atoms with Gasteiger partial charge in [0.25, 0.3) is 0 Å². The first-order chi connectivity index (χ1) is 6.52. The van der Waals surface area contributed by atoms with Crippen LogP contribution in [-0.2, 0) is 29.7 Å². The Kier molecular flexibility index (Phi) is 32.1. The second-order valence-electron chi connectivity index (χ2n) is 1.89. The van der Waals surface area contributed by atoms with E-state index in [4.69, 9.17) is 0 Å². The van der Waals surface area contributed by atoms with Crippen LogP contribution in [0.5, 0.6) is 0 Å².